The van der Waals surface area contributed by atoms with Crippen LogP contribution in [0.15, 0.2) is 0 Å². The van der Waals surface area contributed by atoms with E-state index < -0.39 is 30.4 Å². The van der Waals surface area contributed by atoms with Gasteiger partial charge in [-0.3, -0.25) is 4.79 Å². The fourth-order valence-electron chi connectivity index (χ4n) is 1.50. The molecule has 0 aliphatic carbocycles. The molecule has 0 rings (SSSR count). The van der Waals surface area contributed by atoms with Gasteiger partial charge in [0.15, 0.2) is 0 Å². The zero-order chi connectivity index (χ0) is 14.1. The van der Waals surface area contributed by atoms with Crippen molar-refractivity contribution in [2.24, 2.45) is 0 Å². The Kier molecular flexibility index (Phi) is 8.86. The van der Waals surface area contributed by atoms with Gasteiger partial charge in [-0.1, -0.05) is 0 Å². The van der Waals surface area contributed by atoms with E-state index >= 15 is 0 Å². The van der Waals surface area contributed by atoms with Gasteiger partial charge in [0, 0.05) is 28.3 Å². The summed E-state index contributed by atoms with van der Waals surface area (Å²) in [4.78, 5) is 10.7. The van der Waals surface area contributed by atoms with Gasteiger partial charge < -0.3 is 29.2 Å². The van der Waals surface area contributed by atoms with Crippen molar-refractivity contribution in [1.82, 2.24) is 0 Å². The lowest BCUT2D eigenvalue weighted by Crippen LogP contribution is -2.49. The maximum absolute atomic E-state index is 10.7. The van der Waals surface area contributed by atoms with Crippen molar-refractivity contribution in [1.29, 1.82) is 0 Å². The second-order valence-electron chi connectivity index (χ2n) is 3.79. The van der Waals surface area contributed by atoms with Crippen LogP contribution in [0.2, 0.25) is 0 Å². The number of aliphatic hydroxyl groups excluding tert-OH is 2. The van der Waals surface area contributed by atoms with Crippen LogP contribution in [0.5, 0.6) is 0 Å². The van der Waals surface area contributed by atoms with Crippen molar-refractivity contribution in [3.63, 3.8) is 0 Å². The average molecular weight is 266 g/mol. The van der Waals surface area contributed by atoms with Crippen LogP contribution in [0.4, 0.5) is 0 Å². The van der Waals surface area contributed by atoms with Crippen molar-refractivity contribution >= 4 is 5.97 Å². The number of carbonyl (C=O) groups excluding carboxylic acids is 1. The first-order valence-corrected chi connectivity index (χ1v) is 5.51. The topological polar surface area (TPSA) is 94.5 Å². The molecule has 0 amide bonds. The predicted octanol–water partition coefficient (Wildman–Crippen LogP) is -1.05. The van der Waals surface area contributed by atoms with Crippen LogP contribution in [0.1, 0.15) is 6.92 Å². The maximum Gasteiger partial charge on any atom is 0.302 e. The predicted molar refractivity (Wildman–Crippen MR) is 62.1 cm³/mol. The van der Waals surface area contributed by atoms with Crippen LogP contribution < -0.4 is 0 Å². The van der Waals surface area contributed by atoms with Crippen LogP contribution in [-0.4, -0.2) is 75.1 Å². The lowest BCUT2D eigenvalue weighted by molar-refractivity contribution is -0.164. The summed E-state index contributed by atoms with van der Waals surface area (Å²) < 4.78 is 19.7. The average Bonchev–Trinajstić information content (AvgIpc) is 2.33. The highest BCUT2D eigenvalue weighted by Crippen LogP contribution is 2.12. The Hall–Kier alpha value is -0.730. The molecule has 2 N–H and O–H groups in total. The van der Waals surface area contributed by atoms with Gasteiger partial charge in [0.2, 0.25) is 0 Å². The van der Waals surface area contributed by atoms with E-state index in [0.717, 1.165) is 0 Å². The first-order chi connectivity index (χ1) is 8.47. The molecule has 4 atom stereocenters. The monoisotopic (exact) mass is 266 g/mol. The molecule has 0 fully saturated rings. The number of hydrogen-bond donors (Lipinski definition) is 2. The summed E-state index contributed by atoms with van der Waals surface area (Å²) in [7, 11) is 4.17. The van der Waals surface area contributed by atoms with Crippen LogP contribution in [0, 0.1) is 0 Å². The third kappa shape index (κ3) is 5.74. The van der Waals surface area contributed by atoms with E-state index in [4.69, 9.17) is 18.9 Å². The maximum atomic E-state index is 10.7. The second kappa shape index (κ2) is 9.23. The van der Waals surface area contributed by atoms with E-state index in [9.17, 15) is 15.0 Å². The number of rotatable bonds is 9. The minimum atomic E-state index is -1.21. The summed E-state index contributed by atoms with van der Waals surface area (Å²) in [5.74, 6) is -0.459. The molecular formula is C11H22O7. The fraction of sp³-hybridized carbons (Fsp3) is 0.909. The molecule has 0 saturated heterocycles. The molecule has 0 heterocycles. The summed E-state index contributed by atoms with van der Waals surface area (Å²) in [5.41, 5.74) is 0. The van der Waals surface area contributed by atoms with Crippen LogP contribution in [-0.2, 0) is 23.7 Å². The normalized spacial score (nSPS) is 17.9. The molecule has 0 bridgehead atoms. The van der Waals surface area contributed by atoms with E-state index in [1.165, 1.54) is 28.3 Å². The standard InChI is InChI=1S/C11H22O7/c1-7(12)18-6-9(16-3)11(17-4)10(14)8(13)5-15-2/h8-11,13-14H,5-6H2,1-4H3/t8-,9+,10-,11-/m1/s1. The van der Waals surface area contributed by atoms with Crippen molar-refractivity contribution in [2.45, 2.75) is 31.3 Å². The van der Waals surface area contributed by atoms with Gasteiger partial charge in [0.05, 0.1) is 6.61 Å². The third-order valence-electron chi connectivity index (χ3n) is 2.46. The molecule has 0 unspecified atom stereocenters. The van der Waals surface area contributed by atoms with E-state index in [2.05, 4.69) is 0 Å². The number of aliphatic hydroxyl groups is 2. The summed E-state index contributed by atoms with van der Waals surface area (Å²) in [6.07, 6.45) is -3.84. The van der Waals surface area contributed by atoms with Crippen LogP contribution >= 0.6 is 0 Å². The smallest absolute Gasteiger partial charge is 0.302 e. The van der Waals surface area contributed by atoms with Crippen molar-refractivity contribution in [3.05, 3.63) is 0 Å². The van der Waals surface area contributed by atoms with E-state index in [0.29, 0.717) is 0 Å². The summed E-state index contributed by atoms with van der Waals surface area (Å²) in [5, 5.41) is 19.5. The first-order valence-electron chi connectivity index (χ1n) is 5.51. The molecule has 7 heteroatoms. The molecule has 0 spiro atoms. The Morgan fingerprint density at radius 1 is 1.11 bits per heavy atom. The highest BCUT2D eigenvalue weighted by atomic mass is 16.6. The van der Waals surface area contributed by atoms with Crippen LogP contribution in [0.3, 0.4) is 0 Å². The van der Waals surface area contributed by atoms with E-state index in [1.54, 1.807) is 0 Å². The minimum absolute atomic E-state index is 0.0367. The van der Waals surface area contributed by atoms with Gasteiger partial charge >= 0.3 is 5.97 Å². The highest BCUT2D eigenvalue weighted by molar-refractivity contribution is 5.65. The minimum Gasteiger partial charge on any atom is -0.463 e. The lowest BCUT2D eigenvalue weighted by Gasteiger charge is -2.30. The number of hydrogen-bond acceptors (Lipinski definition) is 7. The van der Waals surface area contributed by atoms with Gasteiger partial charge in [-0.25, -0.2) is 0 Å². The Labute approximate surface area is 107 Å². The van der Waals surface area contributed by atoms with Gasteiger partial charge in [-0.15, -0.1) is 0 Å². The van der Waals surface area contributed by atoms with Gasteiger partial charge in [0.1, 0.15) is 31.0 Å². The van der Waals surface area contributed by atoms with Crippen molar-refractivity contribution in [2.75, 3.05) is 34.5 Å². The molecule has 0 aromatic carbocycles. The second-order valence-corrected chi connectivity index (χ2v) is 3.79. The fourth-order valence-corrected chi connectivity index (χ4v) is 1.50. The molecule has 0 aromatic rings. The molecule has 108 valence electrons. The van der Waals surface area contributed by atoms with E-state index in [1.807, 2.05) is 0 Å². The SMILES string of the molecule is COC[C@@H](O)[C@@H](O)[C@H](OC)[C@H](COC(C)=O)OC. The Morgan fingerprint density at radius 3 is 2.11 bits per heavy atom. The third-order valence-corrected chi connectivity index (χ3v) is 2.46. The molecular weight excluding hydrogens is 244 g/mol. The number of carbonyl (C=O) groups is 1. The number of esters is 1. The quantitative estimate of drug-likeness (QED) is 0.514. The lowest BCUT2D eigenvalue weighted by atomic mass is 10.0. The molecule has 0 aromatic heterocycles. The molecule has 0 radical (unpaired) electrons. The number of methoxy groups -OCH3 is 3. The summed E-state index contributed by atoms with van der Waals surface area (Å²) in [6.45, 7) is 1.16. The summed E-state index contributed by atoms with van der Waals surface area (Å²) >= 11 is 0. The zero-order valence-electron chi connectivity index (χ0n) is 11.2. The van der Waals surface area contributed by atoms with Crippen molar-refractivity contribution < 1.29 is 34.0 Å². The van der Waals surface area contributed by atoms with Crippen molar-refractivity contribution in [3.8, 4) is 0 Å². The van der Waals surface area contributed by atoms with Gasteiger partial charge in [-0.2, -0.15) is 0 Å². The summed E-state index contributed by atoms with van der Waals surface area (Å²) in [6, 6.07) is 0. The van der Waals surface area contributed by atoms with Crippen LogP contribution in [0.25, 0.3) is 0 Å². The largest absolute Gasteiger partial charge is 0.463 e. The zero-order valence-corrected chi connectivity index (χ0v) is 11.2. The van der Waals surface area contributed by atoms with Gasteiger partial charge in [-0.05, 0) is 0 Å². The Morgan fingerprint density at radius 2 is 1.72 bits per heavy atom. The Balaban J connectivity index is 4.53. The highest BCUT2D eigenvalue weighted by Gasteiger charge is 2.34. The molecule has 18 heavy (non-hydrogen) atoms. The van der Waals surface area contributed by atoms with E-state index in [-0.39, 0.29) is 13.2 Å². The Bertz CT molecular complexity index is 233. The molecule has 0 aliphatic heterocycles. The molecule has 7 nitrogen and oxygen atoms in total. The first kappa shape index (κ1) is 17.3. The van der Waals surface area contributed by atoms with Gasteiger partial charge in [0.25, 0.3) is 0 Å². The number of ether oxygens (including phenoxy) is 4. The molecule has 0 saturated carbocycles. The molecule has 0 aliphatic rings.